The largest absolute Gasteiger partial charge is 0.388 e. The molecule has 0 amide bonds. The molecule has 100 valence electrons. The van der Waals surface area contributed by atoms with Crippen molar-refractivity contribution in [2.45, 2.75) is 38.3 Å². The Hall–Kier alpha value is -0.750. The van der Waals surface area contributed by atoms with Crippen molar-refractivity contribution < 1.29 is 19.0 Å². The lowest BCUT2D eigenvalue weighted by Gasteiger charge is -2.19. The molecule has 0 bridgehead atoms. The summed E-state index contributed by atoms with van der Waals surface area (Å²) in [4.78, 5) is 3.66. The summed E-state index contributed by atoms with van der Waals surface area (Å²) < 4.78 is 24.2. The molecule has 1 aliphatic heterocycles. The van der Waals surface area contributed by atoms with E-state index in [1.807, 2.05) is 13.8 Å². The van der Waals surface area contributed by atoms with Gasteiger partial charge in [0.15, 0.2) is 16.8 Å². The van der Waals surface area contributed by atoms with Crippen molar-refractivity contribution in [2.24, 2.45) is 0 Å². The third-order valence-corrected chi connectivity index (χ3v) is 3.03. The lowest BCUT2D eigenvalue weighted by molar-refractivity contribution is -0.141. The van der Waals surface area contributed by atoms with Gasteiger partial charge < -0.3 is 14.6 Å². The molecule has 0 aliphatic carbocycles. The highest BCUT2D eigenvalue weighted by atomic mass is 35.5. The monoisotopic (exact) mass is 275 g/mol. The second kappa shape index (κ2) is 5.09. The summed E-state index contributed by atoms with van der Waals surface area (Å²) >= 11 is 5.48. The van der Waals surface area contributed by atoms with Gasteiger partial charge in [0.25, 0.3) is 0 Å². The van der Waals surface area contributed by atoms with Crippen LogP contribution in [0.2, 0.25) is 5.15 Å². The minimum atomic E-state index is -0.855. The first-order chi connectivity index (χ1) is 8.37. The molecule has 18 heavy (non-hydrogen) atoms. The zero-order chi connectivity index (χ0) is 13.3. The smallest absolute Gasteiger partial charge is 0.164 e. The Morgan fingerprint density at radius 1 is 1.67 bits per heavy atom. The third kappa shape index (κ3) is 3.17. The molecule has 2 atom stereocenters. The van der Waals surface area contributed by atoms with Gasteiger partial charge in [-0.05, 0) is 19.9 Å². The summed E-state index contributed by atoms with van der Waals surface area (Å²) in [6, 6.07) is 1.18. The van der Waals surface area contributed by atoms with E-state index in [4.69, 9.17) is 21.1 Å². The number of hydrogen-bond acceptors (Lipinski definition) is 4. The fourth-order valence-electron chi connectivity index (χ4n) is 1.88. The molecule has 0 spiro atoms. The Morgan fingerprint density at radius 3 is 2.94 bits per heavy atom. The second-order valence-electron chi connectivity index (χ2n) is 4.74. The fourth-order valence-corrected chi connectivity index (χ4v) is 1.99. The molecule has 2 heterocycles. The van der Waals surface area contributed by atoms with Gasteiger partial charge in [0.2, 0.25) is 0 Å². The van der Waals surface area contributed by atoms with Crippen molar-refractivity contribution in [3.05, 3.63) is 28.8 Å². The first-order valence-corrected chi connectivity index (χ1v) is 6.06. The standard InChI is InChI=1S/C12H15ClFNO3/c1-12(2)17-6-8(18-12)4-10(16)7-3-9(14)11(13)15-5-7/h3,5,8,10,16H,4,6H2,1-2H3/t8-,10?/m0/s1. The van der Waals surface area contributed by atoms with E-state index in [0.29, 0.717) is 18.6 Å². The predicted molar refractivity (Wildman–Crippen MR) is 63.7 cm³/mol. The lowest BCUT2D eigenvalue weighted by Crippen LogP contribution is -2.22. The molecule has 1 saturated heterocycles. The summed E-state index contributed by atoms with van der Waals surface area (Å²) in [6.45, 7) is 4.03. The van der Waals surface area contributed by atoms with Crippen LogP contribution in [0.15, 0.2) is 12.3 Å². The van der Waals surface area contributed by atoms with Gasteiger partial charge in [-0.3, -0.25) is 0 Å². The predicted octanol–water partition coefficient (Wildman–Crippen LogP) is 2.45. The van der Waals surface area contributed by atoms with Crippen molar-refractivity contribution in [2.75, 3.05) is 6.61 Å². The molecule has 0 radical (unpaired) electrons. The van der Waals surface area contributed by atoms with Crippen LogP contribution in [0.3, 0.4) is 0 Å². The number of aliphatic hydroxyl groups is 1. The molecule has 2 rings (SSSR count). The van der Waals surface area contributed by atoms with Crippen LogP contribution in [-0.2, 0) is 9.47 Å². The molecule has 4 nitrogen and oxygen atoms in total. The molecule has 0 saturated carbocycles. The van der Waals surface area contributed by atoms with Crippen molar-refractivity contribution in [3.8, 4) is 0 Å². The lowest BCUT2D eigenvalue weighted by atomic mass is 10.1. The highest BCUT2D eigenvalue weighted by Crippen LogP contribution is 2.29. The second-order valence-corrected chi connectivity index (χ2v) is 5.10. The molecule has 1 aliphatic rings. The molecule has 0 aromatic carbocycles. The van der Waals surface area contributed by atoms with Crippen molar-refractivity contribution in [3.63, 3.8) is 0 Å². The third-order valence-electron chi connectivity index (χ3n) is 2.76. The van der Waals surface area contributed by atoms with E-state index in [-0.39, 0.29) is 11.3 Å². The van der Waals surface area contributed by atoms with Gasteiger partial charge in [-0.15, -0.1) is 0 Å². The van der Waals surface area contributed by atoms with Gasteiger partial charge in [0.1, 0.15) is 0 Å². The summed E-state index contributed by atoms with van der Waals surface area (Å²) in [5, 5.41) is 9.78. The number of rotatable bonds is 3. The van der Waals surface area contributed by atoms with Crippen LogP contribution in [0.1, 0.15) is 31.9 Å². The Morgan fingerprint density at radius 2 is 2.39 bits per heavy atom. The number of aromatic nitrogens is 1. The molecular weight excluding hydrogens is 261 g/mol. The first kappa shape index (κ1) is 13.7. The zero-order valence-corrected chi connectivity index (χ0v) is 10.9. The quantitative estimate of drug-likeness (QED) is 0.861. The van der Waals surface area contributed by atoms with E-state index < -0.39 is 17.7 Å². The Labute approximate surface area is 110 Å². The van der Waals surface area contributed by atoms with E-state index in [1.54, 1.807) is 0 Å². The molecule has 1 unspecified atom stereocenters. The van der Waals surface area contributed by atoms with Gasteiger partial charge in [-0.25, -0.2) is 9.37 Å². The number of ether oxygens (including phenoxy) is 2. The summed E-state index contributed by atoms with van der Waals surface area (Å²) in [5.74, 6) is -1.27. The molecule has 1 fully saturated rings. The molecular formula is C12H15ClFNO3. The van der Waals surface area contributed by atoms with E-state index in [9.17, 15) is 9.50 Å². The van der Waals surface area contributed by atoms with Gasteiger partial charge in [-0.1, -0.05) is 11.6 Å². The maximum atomic E-state index is 13.2. The average Bonchev–Trinajstić information content (AvgIpc) is 2.62. The topological polar surface area (TPSA) is 51.6 Å². The van der Waals surface area contributed by atoms with Gasteiger partial charge in [0.05, 0.1) is 18.8 Å². The van der Waals surface area contributed by atoms with E-state index in [1.165, 1.54) is 12.3 Å². The summed E-state index contributed by atoms with van der Waals surface area (Å²) in [7, 11) is 0. The summed E-state index contributed by atoms with van der Waals surface area (Å²) in [5.41, 5.74) is 0.380. The van der Waals surface area contributed by atoms with Crippen LogP contribution in [0.4, 0.5) is 4.39 Å². The van der Waals surface area contributed by atoms with E-state index >= 15 is 0 Å². The minimum absolute atomic E-state index is 0.201. The molecule has 1 N–H and O–H groups in total. The number of pyridine rings is 1. The van der Waals surface area contributed by atoms with Crippen LogP contribution < -0.4 is 0 Å². The molecule has 6 heteroatoms. The van der Waals surface area contributed by atoms with Crippen LogP contribution in [0, 0.1) is 5.82 Å². The maximum absolute atomic E-state index is 13.2. The Balaban J connectivity index is 1.99. The number of aliphatic hydroxyl groups excluding tert-OH is 1. The van der Waals surface area contributed by atoms with E-state index in [2.05, 4.69) is 4.98 Å². The van der Waals surface area contributed by atoms with Crippen LogP contribution in [-0.4, -0.2) is 28.6 Å². The highest BCUT2D eigenvalue weighted by molar-refractivity contribution is 6.29. The average molecular weight is 276 g/mol. The maximum Gasteiger partial charge on any atom is 0.164 e. The summed E-state index contributed by atoms with van der Waals surface area (Å²) in [6.07, 6.45) is 0.615. The fraction of sp³-hybridized carbons (Fsp3) is 0.583. The van der Waals surface area contributed by atoms with Gasteiger partial charge in [0, 0.05) is 18.2 Å². The first-order valence-electron chi connectivity index (χ1n) is 5.68. The number of halogens is 2. The van der Waals surface area contributed by atoms with Gasteiger partial charge >= 0.3 is 0 Å². The Kier molecular flexibility index (Phi) is 3.87. The SMILES string of the molecule is CC1(C)OC[C@H](CC(O)c2cnc(Cl)c(F)c2)O1. The van der Waals surface area contributed by atoms with Crippen LogP contribution >= 0.6 is 11.6 Å². The minimum Gasteiger partial charge on any atom is -0.388 e. The van der Waals surface area contributed by atoms with Crippen molar-refractivity contribution in [1.82, 2.24) is 4.98 Å². The van der Waals surface area contributed by atoms with Crippen LogP contribution in [0.5, 0.6) is 0 Å². The number of hydrogen-bond donors (Lipinski definition) is 1. The van der Waals surface area contributed by atoms with Crippen LogP contribution in [0.25, 0.3) is 0 Å². The van der Waals surface area contributed by atoms with Gasteiger partial charge in [-0.2, -0.15) is 0 Å². The van der Waals surface area contributed by atoms with Crippen molar-refractivity contribution in [1.29, 1.82) is 0 Å². The Bertz CT molecular complexity index is 441. The van der Waals surface area contributed by atoms with Crippen molar-refractivity contribution >= 4 is 11.6 Å². The molecule has 1 aromatic heterocycles. The zero-order valence-electron chi connectivity index (χ0n) is 10.2. The number of nitrogens with zero attached hydrogens (tertiary/aromatic N) is 1. The highest BCUT2D eigenvalue weighted by Gasteiger charge is 2.34. The normalized spacial score (nSPS) is 24.2. The van der Waals surface area contributed by atoms with E-state index in [0.717, 1.165) is 0 Å². The molecule has 1 aromatic rings.